The van der Waals surface area contributed by atoms with Crippen LogP contribution in [0.25, 0.3) is 0 Å². The number of ether oxygens (including phenoxy) is 1. The molecule has 2 aromatic carbocycles. The molecular formula is C18H17N3O3. The summed E-state index contributed by atoms with van der Waals surface area (Å²) in [7, 11) is 1.57. The number of amides is 1. The van der Waals surface area contributed by atoms with E-state index < -0.39 is 5.91 Å². The topological polar surface area (TPSA) is 77.2 Å². The predicted molar refractivity (Wildman–Crippen MR) is 89.1 cm³/mol. The van der Waals surface area contributed by atoms with Gasteiger partial charge in [-0.15, -0.1) is 10.2 Å². The van der Waals surface area contributed by atoms with E-state index in [2.05, 4.69) is 15.5 Å². The van der Waals surface area contributed by atoms with Crippen LogP contribution in [0.5, 0.6) is 5.75 Å². The molecular weight excluding hydrogens is 306 g/mol. The molecule has 3 rings (SSSR count). The lowest BCUT2D eigenvalue weighted by atomic mass is 10.1. The Labute approximate surface area is 139 Å². The number of nitrogens with zero attached hydrogens (tertiary/aromatic N) is 2. The zero-order valence-electron chi connectivity index (χ0n) is 13.2. The first-order valence-corrected chi connectivity index (χ1v) is 7.56. The quantitative estimate of drug-likeness (QED) is 0.754. The number of nitrogens with one attached hydrogen (secondary N) is 1. The molecule has 0 fully saturated rings. The Morgan fingerprint density at radius 2 is 1.92 bits per heavy atom. The summed E-state index contributed by atoms with van der Waals surface area (Å²) in [6, 6.07) is 17.1. The number of carbonyl (C=O) groups excluding carboxylic acids is 1. The van der Waals surface area contributed by atoms with Crippen LogP contribution < -0.4 is 10.1 Å². The molecule has 1 aromatic heterocycles. The number of aromatic nitrogens is 2. The fourth-order valence-electron chi connectivity index (χ4n) is 2.23. The third-order valence-electron chi connectivity index (χ3n) is 3.46. The highest BCUT2D eigenvalue weighted by Crippen LogP contribution is 2.17. The van der Waals surface area contributed by atoms with Gasteiger partial charge in [0.15, 0.2) is 0 Å². The van der Waals surface area contributed by atoms with Gasteiger partial charge in [0.05, 0.1) is 7.11 Å². The lowest BCUT2D eigenvalue weighted by Crippen LogP contribution is -2.12. The summed E-state index contributed by atoms with van der Waals surface area (Å²) in [5.41, 5.74) is 1.78. The number of methoxy groups -OCH3 is 1. The highest BCUT2D eigenvalue weighted by molar-refractivity contribution is 6.00. The van der Waals surface area contributed by atoms with E-state index in [9.17, 15) is 4.79 Å². The zero-order valence-corrected chi connectivity index (χ0v) is 13.2. The van der Waals surface area contributed by atoms with E-state index in [0.717, 1.165) is 6.42 Å². The van der Waals surface area contributed by atoms with E-state index in [1.54, 1.807) is 31.4 Å². The van der Waals surface area contributed by atoms with E-state index in [1.807, 2.05) is 30.3 Å². The summed E-state index contributed by atoms with van der Waals surface area (Å²) in [5.74, 6) is 0.596. The van der Waals surface area contributed by atoms with Crippen molar-refractivity contribution in [3.8, 4) is 5.75 Å². The van der Waals surface area contributed by atoms with Crippen LogP contribution in [0.2, 0.25) is 0 Å². The summed E-state index contributed by atoms with van der Waals surface area (Å²) in [5, 5.41) is 10.4. The van der Waals surface area contributed by atoms with Gasteiger partial charge in [0, 0.05) is 18.2 Å². The highest BCUT2D eigenvalue weighted by Gasteiger charge is 2.15. The molecule has 6 heteroatoms. The minimum atomic E-state index is -0.443. The third kappa shape index (κ3) is 3.98. The smallest absolute Gasteiger partial charge is 0.313 e. The van der Waals surface area contributed by atoms with E-state index >= 15 is 0 Å². The standard InChI is InChI=1S/C18H17N3O3/c1-23-15-9-5-8-14(12-15)19-17(22)18-21-20-16(24-18)11-10-13-6-3-2-4-7-13/h2-9,12H,10-11H2,1H3,(H,19,22). The first-order chi connectivity index (χ1) is 11.7. The normalized spacial score (nSPS) is 10.4. The molecule has 0 saturated heterocycles. The molecule has 1 heterocycles. The Balaban J connectivity index is 1.61. The zero-order chi connectivity index (χ0) is 16.8. The molecule has 0 aliphatic heterocycles. The molecule has 0 atom stereocenters. The molecule has 24 heavy (non-hydrogen) atoms. The second kappa shape index (κ2) is 7.41. The summed E-state index contributed by atoms with van der Waals surface area (Å²) in [6.45, 7) is 0. The molecule has 0 bridgehead atoms. The molecule has 0 radical (unpaired) electrons. The van der Waals surface area contributed by atoms with Crippen molar-refractivity contribution in [1.82, 2.24) is 10.2 Å². The second-order valence-corrected chi connectivity index (χ2v) is 5.17. The summed E-state index contributed by atoms with van der Waals surface area (Å²) < 4.78 is 10.5. The van der Waals surface area contributed by atoms with E-state index in [0.29, 0.717) is 23.7 Å². The fraction of sp³-hybridized carbons (Fsp3) is 0.167. The maximum atomic E-state index is 12.2. The number of hydrogen-bond donors (Lipinski definition) is 1. The molecule has 1 amide bonds. The molecule has 0 aliphatic rings. The average molecular weight is 323 g/mol. The summed E-state index contributed by atoms with van der Waals surface area (Å²) in [6.07, 6.45) is 1.36. The maximum Gasteiger partial charge on any atom is 0.313 e. The number of anilines is 1. The maximum absolute atomic E-state index is 12.2. The molecule has 3 aromatic rings. The SMILES string of the molecule is COc1cccc(NC(=O)c2nnc(CCc3ccccc3)o2)c1. The average Bonchev–Trinajstić information content (AvgIpc) is 3.10. The van der Waals surface area contributed by atoms with Gasteiger partial charge in [-0.2, -0.15) is 0 Å². The fourth-order valence-corrected chi connectivity index (χ4v) is 2.23. The van der Waals surface area contributed by atoms with Gasteiger partial charge in [-0.05, 0) is 24.1 Å². The third-order valence-corrected chi connectivity index (χ3v) is 3.46. The number of aryl methyl sites for hydroxylation is 2. The van der Waals surface area contributed by atoms with Crippen LogP contribution in [0.15, 0.2) is 59.0 Å². The van der Waals surface area contributed by atoms with Crippen molar-refractivity contribution in [1.29, 1.82) is 0 Å². The van der Waals surface area contributed by atoms with Crippen LogP contribution in [-0.2, 0) is 12.8 Å². The Hall–Kier alpha value is -3.15. The molecule has 6 nitrogen and oxygen atoms in total. The summed E-state index contributed by atoms with van der Waals surface area (Å²) >= 11 is 0. The van der Waals surface area contributed by atoms with Gasteiger partial charge >= 0.3 is 11.8 Å². The van der Waals surface area contributed by atoms with Crippen molar-refractivity contribution in [2.24, 2.45) is 0 Å². The second-order valence-electron chi connectivity index (χ2n) is 5.17. The van der Waals surface area contributed by atoms with Gasteiger partial charge < -0.3 is 14.5 Å². The van der Waals surface area contributed by atoms with Crippen LogP contribution in [0, 0.1) is 0 Å². The van der Waals surface area contributed by atoms with Crippen LogP contribution in [0.3, 0.4) is 0 Å². The highest BCUT2D eigenvalue weighted by atomic mass is 16.5. The van der Waals surface area contributed by atoms with Crippen molar-refractivity contribution in [2.75, 3.05) is 12.4 Å². The van der Waals surface area contributed by atoms with Crippen LogP contribution >= 0.6 is 0 Å². The minimum absolute atomic E-state index is 0.0547. The molecule has 0 saturated carbocycles. The molecule has 0 unspecified atom stereocenters. The van der Waals surface area contributed by atoms with Crippen molar-refractivity contribution < 1.29 is 13.9 Å². The van der Waals surface area contributed by atoms with Gasteiger partial charge in [0.2, 0.25) is 5.89 Å². The number of carbonyl (C=O) groups is 1. The monoisotopic (exact) mass is 323 g/mol. The van der Waals surface area contributed by atoms with Gasteiger partial charge in [-0.25, -0.2) is 0 Å². The van der Waals surface area contributed by atoms with E-state index in [4.69, 9.17) is 9.15 Å². The van der Waals surface area contributed by atoms with Gasteiger partial charge in [-0.1, -0.05) is 36.4 Å². The van der Waals surface area contributed by atoms with Gasteiger partial charge in [0.25, 0.3) is 0 Å². The number of rotatable bonds is 6. The van der Waals surface area contributed by atoms with Crippen molar-refractivity contribution in [2.45, 2.75) is 12.8 Å². The van der Waals surface area contributed by atoms with Crippen LogP contribution in [0.4, 0.5) is 5.69 Å². The van der Waals surface area contributed by atoms with Crippen LogP contribution in [0.1, 0.15) is 22.1 Å². The van der Waals surface area contributed by atoms with Gasteiger partial charge in [0.1, 0.15) is 5.75 Å². The lowest BCUT2D eigenvalue weighted by molar-refractivity contribution is 0.0988. The number of benzene rings is 2. The van der Waals surface area contributed by atoms with Crippen molar-refractivity contribution >= 4 is 11.6 Å². The Kier molecular flexibility index (Phi) is 4.86. The van der Waals surface area contributed by atoms with E-state index in [-0.39, 0.29) is 5.89 Å². The van der Waals surface area contributed by atoms with Crippen molar-refractivity contribution in [3.63, 3.8) is 0 Å². The summed E-state index contributed by atoms with van der Waals surface area (Å²) in [4.78, 5) is 12.2. The van der Waals surface area contributed by atoms with Crippen LogP contribution in [-0.4, -0.2) is 23.2 Å². The molecule has 1 N–H and O–H groups in total. The largest absolute Gasteiger partial charge is 0.497 e. The molecule has 0 spiro atoms. The minimum Gasteiger partial charge on any atom is -0.497 e. The predicted octanol–water partition coefficient (Wildman–Crippen LogP) is 3.12. The van der Waals surface area contributed by atoms with Crippen molar-refractivity contribution in [3.05, 3.63) is 71.9 Å². The Bertz CT molecular complexity index is 815. The Morgan fingerprint density at radius 3 is 2.71 bits per heavy atom. The van der Waals surface area contributed by atoms with E-state index in [1.165, 1.54) is 5.56 Å². The molecule has 0 aliphatic carbocycles. The Morgan fingerprint density at radius 1 is 1.08 bits per heavy atom. The first-order valence-electron chi connectivity index (χ1n) is 7.56. The molecule has 122 valence electrons. The first kappa shape index (κ1) is 15.7. The number of hydrogen-bond acceptors (Lipinski definition) is 5. The lowest BCUT2D eigenvalue weighted by Gasteiger charge is -2.04. The van der Waals surface area contributed by atoms with Gasteiger partial charge in [-0.3, -0.25) is 4.79 Å².